The second-order valence-electron chi connectivity index (χ2n) is 7.23. The maximum Gasteiger partial charge on any atom is 0.335 e. The van der Waals surface area contributed by atoms with E-state index in [0.29, 0.717) is 5.56 Å². The van der Waals surface area contributed by atoms with Crippen molar-refractivity contribution in [2.24, 2.45) is 0 Å². The summed E-state index contributed by atoms with van der Waals surface area (Å²) >= 11 is 0. The van der Waals surface area contributed by atoms with Crippen LogP contribution in [-0.2, 0) is 14.2 Å². The molecule has 1 aromatic carbocycles. The van der Waals surface area contributed by atoms with Crippen molar-refractivity contribution in [3.05, 3.63) is 35.9 Å². The molecule has 0 spiro atoms. The number of hydrogen-bond donors (Lipinski definition) is 9. The summed E-state index contributed by atoms with van der Waals surface area (Å²) in [5.41, 5.74) is 0.331. The minimum atomic E-state index is -2.22. The molecule has 2 aliphatic heterocycles. The number of hydrogen-bond acceptors (Lipinski definition) is 12. The Morgan fingerprint density at radius 1 is 0.875 bits per heavy atom. The molecule has 9 atom stereocenters. The van der Waals surface area contributed by atoms with Gasteiger partial charge in [0.25, 0.3) is 0 Å². The first-order chi connectivity index (χ1) is 15.1. The number of rotatable bonds is 6. The highest BCUT2D eigenvalue weighted by Crippen LogP contribution is 2.35. The van der Waals surface area contributed by atoms with Crippen LogP contribution in [0.5, 0.6) is 0 Å². The van der Waals surface area contributed by atoms with Gasteiger partial charge < -0.3 is 60.2 Å². The molecule has 9 N–H and O–H groups in total. The summed E-state index contributed by atoms with van der Waals surface area (Å²) in [6.45, 7) is -2.32. The van der Waals surface area contributed by atoms with Crippen LogP contribution >= 0.6 is 0 Å². The van der Waals surface area contributed by atoms with Crippen molar-refractivity contribution < 1.29 is 65.0 Å². The van der Waals surface area contributed by atoms with E-state index >= 15 is 0 Å². The lowest BCUT2D eigenvalue weighted by molar-refractivity contribution is -0.383. The second kappa shape index (κ2) is 11.4. The summed E-state index contributed by atoms with van der Waals surface area (Å²) in [5, 5.41) is 85.1. The number of carbonyl (C=O) groups is 1. The molecule has 1 aromatic rings. The SMILES string of the molecule is O=C(O)c1ccccc1.OCC1OC(OC2(CO)OC(CO)C(O)C2O)C(O)C(O)C1O. The van der Waals surface area contributed by atoms with Gasteiger partial charge in [-0.2, -0.15) is 0 Å². The molecule has 0 amide bonds. The van der Waals surface area contributed by atoms with Gasteiger partial charge in [0.2, 0.25) is 5.79 Å². The third kappa shape index (κ3) is 5.59. The van der Waals surface area contributed by atoms with Crippen molar-refractivity contribution in [1.82, 2.24) is 0 Å². The minimum Gasteiger partial charge on any atom is -0.478 e. The molecule has 0 aromatic heterocycles. The highest BCUT2D eigenvalue weighted by Gasteiger charge is 2.58. The predicted octanol–water partition coefficient (Wildman–Crippen LogP) is -4.01. The Kier molecular flexibility index (Phi) is 9.44. The van der Waals surface area contributed by atoms with E-state index in [2.05, 4.69) is 0 Å². The highest BCUT2D eigenvalue weighted by atomic mass is 16.8. The fourth-order valence-electron chi connectivity index (χ4n) is 3.21. The molecule has 0 radical (unpaired) electrons. The quantitative estimate of drug-likeness (QED) is 0.196. The van der Waals surface area contributed by atoms with Gasteiger partial charge in [0.1, 0.15) is 49.3 Å². The predicted molar refractivity (Wildman–Crippen MR) is 102 cm³/mol. The molecule has 13 heteroatoms. The van der Waals surface area contributed by atoms with Gasteiger partial charge in [0.15, 0.2) is 6.29 Å². The van der Waals surface area contributed by atoms with E-state index in [0.717, 1.165) is 0 Å². The number of aliphatic hydroxyl groups excluding tert-OH is 8. The third-order valence-corrected chi connectivity index (χ3v) is 5.09. The second-order valence-corrected chi connectivity index (χ2v) is 7.23. The van der Waals surface area contributed by atoms with E-state index in [1.54, 1.807) is 30.3 Å². The molecule has 2 fully saturated rings. The van der Waals surface area contributed by atoms with E-state index in [1.807, 2.05) is 0 Å². The molecule has 0 saturated carbocycles. The summed E-state index contributed by atoms with van der Waals surface area (Å²) < 4.78 is 15.4. The lowest BCUT2D eigenvalue weighted by Gasteiger charge is -2.43. The van der Waals surface area contributed by atoms with Gasteiger partial charge in [0.05, 0.1) is 18.8 Å². The Bertz CT molecular complexity index is 716. The molecule has 2 heterocycles. The normalized spacial score (nSPS) is 39.2. The molecule has 3 rings (SSSR count). The Hall–Kier alpha value is -1.75. The Morgan fingerprint density at radius 3 is 1.91 bits per heavy atom. The first-order valence-electron chi connectivity index (χ1n) is 9.64. The summed E-state index contributed by atoms with van der Waals surface area (Å²) in [4.78, 5) is 10.2. The van der Waals surface area contributed by atoms with Crippen molar-refractivity contribution in [2.45, 2.75) is 54.8 Å². The molecule has 9 unspecified atom stereocenters. The molecular weight excluding hydrogens is 436 g/mol. The number of benzene rings is 1. The van der Waals surface area contributed by atoms with Crippen LogP contribution in [0.4, 0.5) is 0 Å². The molecule has 0 aliphatic carbocycles. The van der Waals surface area contributed by atoms with Crippen LogP contribution in [0.25, 0.3) is 0 Å². The molecule has 2 saturated heterocycles. The van der Waals surface area contributed by atoms with Gasteiger partial charge >= 0.3 is 5.97 Å². The first kappa shape index (κ1) is 26.5. The van der Waals surface area contributed by atoms with Gasteiger partial charge in [-0.3, -0.25) is 0 Å². The Balaban J connectivity index is 0.000000336. The lowest BCUT2D eigenvalue weighted by atomic mass is 9.99. The van der Waals surface area contributed by atoms with Crippen molar-refractivity contribution in [2.75, 3.05) is 19.8 Å². The van der Waals surface area contributed by atoms with E-state index in [9.17, 15) is 35.4 Å². The van der Waals surface area contributed by atoms with Crippen LogP contribution < -0.4 is 0 Å². The number of aromatic carboxylic acids is 1. The zero-order chi connectivity index (χ0) is 24.1. The van der Waals surface area contributed by atoms with E-state index < -0.39 is 80.6 Å². The molecule has 182 valence electrons. The zero-order valence-electron chi connectivity index (χ0n) is 16.8. The fraction of sp³-hybridized carbons (Fsp3) is 0.632. The fourth-order valence-corrected chi connectivity index (χ4v) is 3.21. The van der Waals surface area contributed by atoms with Gasteiger partial charge in [-0.05, 0) is 12.1 Å². The van der Waals surface area contributed by atoms with E-state index in [1.165, 1.54) is 0 Å². The van der Waals surface area contributed by atoms with Crippen LogP contribution in [0, 0.1) is 0 Å². The number of carboxylic acid groups (broad SMARTS) is 1. The Morgan fingerprint density at radius 2 is 1.47 bits per heavy atom. The number of carboxylic acids is 1. The average Bonchev–Trinajstić information content (AvgIpc) is 3.05. The van der Waals surface area contributed by atoms with Crippen LogP contribution in [0.1, 0.15) is 10.4 Å². The maximum atomic E-state index is 10.2. The summed E-state index contributed by atoms with van der Waals surface area (Å²) in [6, 6.07) is 8.30. The molecular formula is C19H28O13. The van der Waals surface area contributed by atoms with Crippen molar-refractivity contribution >= 4 is 5.97 Å². The van der Waals surface area contributed by atoms with Crippen LogP contribution in [0.15, 0.2) is 30.3 Å². The number of ether oxygens (including phenoxy) is 3. The standard InChI is InChI=1S/C12H22O11.C7H6O2/c13-1-4-6(16)8(18)9(19)11(21-4)23-12(3-15)10(20)7(17)5(2-14)22-12;8-7(9)6-4-2-1-3-5-6/h4-11,13-20H,1-3H2;1-5H,(H,8,9). The molecule has 32 heavy (non-hydrogen) atoms. The lowest BCUT2D eigenvalue weighted by Crippen LogP contribution is -2.62. The maximum absolute atomic E-state index is 10.2. The smallest absolute Gasteiger partial charge is 0.335 e. The van der Waals surface area contributed by atoms with Crippen LogP contribution in [0.3, 0.4) is 0 Å². The van der Waals surface area contributed by atoms with Crippen LogP contribution in [0.2, 0.25) is 0 Å². The van der Waals surface area contributed by atoms with Gasteiger partial charge in [0, 0.05) is 0 Å². The summed E-state index contributed by atoms with van der Waals surface area (Å²) in [7, 11) is 0. The van der Waals surface area contributed by atoms with Gasteiger partial charge in [-0.1, -0.05) is 18.2 Å². The minimum absolute atomic E-state index is 0.331. The van der Waals surface area contributed by atoms with E-state index in [-0.39, 0.29) is 0 Å². The zero-order valence-corrected chi connectivity index (χ0v) is 16.8. The van der Waals surface area contributed by atoms with Crippen molar-refractivity contribution in [3.8, 4) is 0 Å². The van der Waals surface area contributed by atoms with Gasteiger partial charge in [-0.15, -0.1) is 0 Å². The highest BCUT2D eigenvalue weighted by molar-refractivity contribution is 5.87. The average molecular weight is 464 g/mol. The molecule has 13 nitrogen and oxygen atoms in total. The first-order valence-corrected chi connectivity index (χ1v) is 9.64. The number of aliphatic hydroxyl groups is 8. The Labute approximate surface area is 182 Å². The van der Waals surface area contributed by atoms with E-state index in [4.69, 9.17) is 29.5 Å². The van der Waals surface area contributed by atoms with Crippen molar-refractivity contribution in [3.63, 3.8) is 0 Å². The largest absolute Gasteiger partial charge is 0.478 e. The monoisotopic (exact) mass is 464 g/mol. The summed E-state index contributed by atoms with van der Waals surface area (Å²) in [6.07, 6.45) is -12.7. The third-order valence-electron chi connectivity index (χ3n) is 5.09. The summed E-state index contributed by atoms with van der Waals surface area (Å²) in [5.74, 6) is -3.10. The molecule has 2 aliphatic rings. The molecule has 0 bridgehead atoms. The van der Waals surface area contributed by atoms with Crippen LogP contribution in [-0.4, -0.2) is 127 Å². The van der Waals surface area contributed by atoms with Gasteiger partial charge in [-0.25, -0.2) is 4.79 Å². The van der Waals surface area contributed by atoms with Crippen molar-refractivity contribution in [1.29, 1.82) is 0 Å². The topological polar surface area (TPSA) is 227 Å².